The van der Waals surface area contributed by atoms with Crippen molar-refractivity contribution in [1.29, 1.82) is 5.26 Å². The summed E-state index contributed by atoms with van der Waals surface area (Å²) in [6.45, 7) is 4.51. The molecule has 4 nitrogen and oxygen atoms in total. The minimum absolute atomic E-state index is 0.598. The molecule has 2 aromatic carbocycles. The van der Waals surface area contributed by atoms with Crippen molar-refractivity contribution in [1.82, 2.24) is 10.2 Å². The van der Waals surface area contributed by atoms with Crippen molar-refractivity contribution in [2.24, 2.45) is 0 Å². The first-order chi connectivity index (χ1) is 11.1. The number of aromatic nitrogens is 2. The van der Waals surface area contributed by atoms with E-state index >= 15 is 0 Å². The van der Waals surface area contributed by atoms with E-state index in [0.717, 1.165) is 37.9 Å². The van der Waals surface area contributed by atoms with Crippen molar-refractivity contribution in [3.63, 3.8) is 0 Å². The van der Waals surface area contributed by atoms with Crippen LogP contribution in [0.25, 0.3) is 10.8 Å². The SMILES string of the molecule is Cc1c(C#N)cccc1CNc1nnc(C)c2ccc(Br)cc12. The zero-order valence-electron chi connectivity index (χ0n) is 12.9. The number of nitrogens with zero attached hydrogens (tertiary/aromatic N) is 3. The Labute approximate surface area is 143 Å². The lowest BCUT2D eigenvalue weighted by atomic mass is 10.0. The first kappa shape index (κ1) is 15.4. The summed E-state index contributed by atoms with van der Waals surface area (Å²) in [5, 5.41) is 23.1. The molecule has 0 amide bonds. The van der Waals surface area contributed by atoms with Crippen LogP contribution in [0.5, 0.6) is 0 Å². The second-order valence-corrected chi connectivity index (χ2v) is 6.29. The molecule has 0 spiro atoms. The zero-order valence-corrected chi connectivity index (χ0v) is 14.5. The van der Waals surface area contributed by atoms with Gasteiger partial charge in [0.25, 0.3) is 0 Å². The molecule has 5 heteroatoms. The van der Waals surface area contributed by atoms with Gasteiger partial charge in [-0.2, -0.15) is 10.4 Å². The molecule has 114 valence electrons. The number of hydrogen-bond donors (Lipinski definition) is 1. The summed E-state index contributed by atoms with van der Waals surface area (Å²) in [5.41, 5.74) is 3.68. The molecule has 3 aromatic rings. The molecule has 1 aromatic heterocycles. The Morgan fingerprint density at radius 2 is 1.96 bits per heavy atom. The number of fused-ring (bicyclic) bond motifs is 1. The summed E-state index contributed by atoms with van der Waals surface area (Å²) in [7, 11) is 0. The number of benzene rings is 2. The number of nitrogens with one attached hydrogen (secondary N) is 1. The van der Waals surface area contributed by atoms with Gasteiger partial charge in [0, 0.05) is 21.8 Å². The highest BCUT2D eigenvalue weighted by molar-refractivity contribution is 9.10. The second-order valence-electron chi connectivity index (χ2n) is 5.38. The summed E-state index contributed by atoms with van der Waals surface area (Å²) < 4.78 is 1.00. The van der Waals surface area contributed by atoms with Gasteiger partial charge < -0.3 is 5.32 Å². The van der Waals surface area contributed by atoms with E-state index < -0.39 is 0 Å². The van der Waals surface area contributed by atoms with Gasteiger partial charge in [0.2, 0.25) is 0 Å². The van der Waals surface area contributed by atoms with E-state index in [1.54, 1.807) is 0 Å². The van der Waals surface area contributed by atoms with Gasteiger partial charge in [0.05, 0.1) is 17.3 Å². The topological polar surface area (TPSA) is 61.6 Å². The maximum atomic E-state index is 9.13. The van der Waals surface area contributed by atoms with Crippen molar-refractivity contribution < 1.29 is 0 Å². The van der Waals surface area contributed by atoms with E-state index in [4.69, 9.17) is 5.26 Å². The van der Waals surface area contributed by atoms with Crippen LogP contribution in [0.1, 0.15) is 22.4 Å². The third-order valence-electron chi connectivity index (χ3n) is 3.94. The molecule has 0 bridgehead atoms. The van der Waals surface area contributed by atoms with Gasteiger partial charge in [0.15, 0.2) is 5.82 Å². The molecule has 0 radical (unpaired) electrons. The van der Waals surface area contributed by atoms with E-state index in [1.807, 2.05) is 50.2 Å². The maximum absolute atomic E-state index is 9.13. The fourth-order valence-corrected chi connectivity index (χ4v) is 2.93. The van der Waals surface area contributed by atoms with Gasteiger partial charge >= 0.3 is 0 Å². The van der Waals surface area contributed by atoms with Crippen molar-refractivity contribution in [3.05, 3.63) is 63.3 Å². The number of halogens is 1. The molecule has 0 unspecified atom stereocenters. The molecule has 1 N–H and O–H groups in total. The van der Waals surface area contributed by atoms with E-state index in [-0.39, 0.29) is 0 Å². The molecule has 0 aliphatic carbocycles. The van der Waals surface area contributed by atoms with E-state index in [1.165, 1.54) is 0 Å². The first-order valence-corrected chi connectivity index (χ1v) is 8.04. The third-order valence-corrected chi connectivity index (χ3v) is 4.43. The monoisotopic (exact) mass is 366 g/mol. The Kier molecular flexibility index (Phi) is 4.26. The Bertz CT molecular complexity index is 928. The number of rotatable bonds is 3. The van der Waals surface area contributed by atoms with Gasteiger partial charge in [-0.1, -0.05) is 34.1 Å². The van der Waals surface area contributed by atoms with Crippen molar-refractivity contribution in [3.8, 4) is 6.07 Å². The molecule has 0 saturated carbocycles. The molecule has 1 heterocycles. The lowest BCUT2D eigenvalue weighted by molar-refractivity contribution is 0.979. The normalized spacial score (nSPS) is 10.5. The molecule has 3 rings (SSSR count). The Hall–Kier alpha value is -2.45. The molecule has 0 fully saturated rings. The van der Waals surface area contributed by atoms with Crippen molar-refractivity contribution in [2.75, 3.05) is 5.32 Å². The number of hydrogen-bond acceptors (Lipinski definition) is 4. The lowest BCUT2D eigenvalue weighted by Gasteiger charge is -2.12. The van der Waals surface area contributed by atoms with Crippen LogP contribution >= 0.6 is 15.9 Å². The minimum Gasteiger partial charge on any atom is -0.364 e. The molecule has 23 heavy (non-hydrogen) atoms. The van der Waals surface area contributed by atoms with E-state index in [0.29, 0.717) is 12.1 Å². The molecular weight excluding hydrogens is 352 g/mol. The van der Waals surface area contributed by atoms with Crippen molar-refractivity contribution >= 4 is 32.5 Å². The maximum Gasteiger partial charge on any atom is 0.156 e. The van der Waals surface area contributed by atoms with Crippen LogP contribution in [0.15, 0.2) is 40.9 Å². The first-order valence-electron chi connectivity index (χ1n) is 7.25. The van der Waals surface area contributed by atoms with Gasteiger partial charge in [0.1, 0.15) is 0 Å². The van der Waals surface area contributed by atoms with Crippen LogP contribution < -0.4 is 5.32 Å². The Balaban J connectivity index is 1.96. The number of nitriles is 1. The summed E-state index contributed by atoms with van der Waals surface area (Å²) >= 11 is 3.51. The third kappa shape index (κ3) is 3.03. The molecule has 0 aliphatic heterocycles. The van der Waals surface area contributed by atoms with Gasteiger partial charge in [-0.3, -0.25) is 0 Å². The fraction of sp³-hybridized carbons (Fsp3) is 0.167. The molecule has 0 saturated heterocycles. The molecule has 0 aliphatic rings. The second kappa shape index (κ2) is 6.35. The standard InChI is InChI=1S/C18H15BrN4/c1-11-13(9-20)4-3-5-14(11)10-21-18-17-8-15(19)6-7-16(17)12(2)22-23-18/h3-8H,10H2,1-2H3,(H,21,23). The van der Waals surface area contributed by atoms with E-state index in [9.17, 15) is 0 Å². The molecular formula is C18H15BrN4. The highest BCUT2D eigenvalue weighted by atomic mass is 79.9. The molecule has 0 atom stereocenters. The van der Waals surface area contributed by atoms with Crippen LogP contribution in [0, 0.1) is 25.2 Å². The number of aryl methyl sites for hydroxylation is 1. The van der Waals surface area contributed by atoms with Gasteiger partial charge in [-0.05, 0) is 43.2 Å². The average molecular weight is 367 g/mol. The highest BCUT2D eigenvalue weighted by Crippen LogP contribution is 2.27. The van der Waals surface area contributed by atoms with Crippen molar-refractivity contribution in [2.45, 2.75) is 20.4 Å². The largest absolute Gasteiger partial charge is 0.364 e. The average Bonchev–Trinajstić information content (AvgIpc) is 2.55. The quantitative estimate of drug-likeness (QED) is 0.741. The van der Waals surface area contributed by atoms with E-state index in [2.05, 4.69) is 37.5 Å². The zero-order chi connectivity index (χ0) is 16.4. The highest BCUT2D eigenvalue weighted by Gasteiger charge is 2.09. The predicted octanol–water partition coefficient (Wildman–Crippen LogP) is 4.49. The number of anilines is 1. The Morgan fingerprint density at radius 3 is 2.74 bits per heavy atom. The summed E-state index contributed by atoms with van der Waals surface area (Å²) in [6.07, 6.45) is 0. The Morgan fingerprint density at radius 1 is 1.13 bits per heavy atom. The van der Waals surface area contributed by atoms with Gasteiger partial charge in [-0.25, -0.2) is 0 Å². The van der Waals surface area contributed by atoms with Crippen LogP contribution in [0.3, 0.4) is 0 Å². The smallest absolute Gasteiger partial charge is 0.156 e. The van der Waals surface area contributed by atoms with Gasteiger partial charge in [-0.15, -0.1) is 5.10 Å². The summed E-state index contributed by atoms with van der Waals surface area (Å²) in [6, 6.07) is 14.0. The summed E-state index contributed by atoms with van der Waals surface area (Å²) in [4.78, 5) is 0. The lowest BCUT2D eigenvalue weighted by Crippen LogP contribution is -2.06. The predicted molar refractivity (Wildman–Crippen MR) is 95.2 cm³/mol. The van der Waals surface area contributed by atoms with Crippen LogP contribution in [0.2, 0.25) is 0 Å². The van der Waals surface area contributed by atoms with Crippen LogP contribution in [0.4, 0.5) is 5.82 Å². The minimum atomic E-state index is 0.598. The fourth-order valence-electron chi connectivity index (χ4n) is 2.57. The van der Waals surface area contributed by atoms with Crippen LogP contribution in [-0.2, 0) is 6.54 Å². The summed E-state index contributed by atoms with van der Waals surface area (Å²) in [5.74, 6) is 0.744. The van der Waals surface area contributed by atoms with Crippen LogP contribution in [-0.4, -0.2) is 10.2 Å².